The Balaban J connectivity index is 1.90. The maximum Gasteiger partial charge on any atom is 0.264 e. The van der Waals surface area contributed by atoms with E-state index in [1.165, 1.54) is 35.2 Å². The lowest BCUT2D eigenvalue weighted by Gasteiger charge is -2.24. The summed E-state index contributed by atoms with van der Waals surface area (Å²) in [6, 6.07) is 12.9. The molecule has 0 unspecified atom stereocenters. The first-order valence-corrected chi connectivity index (χ1v) is 12.5. The summed E-state index contributed by atoms with van der Waals surface area (Å²) in [4.78, 5) is 12.7. The first kappa shape index (κ1) is 22.5. The number of benzene rings is 2. The van der Waals surface area contributed by atoms with Gasteiger partial charge in [-0.3, -0.25) is 14.4 Å². The van der Waals surface area contributed by atoms with E-state index in [0.717, 1.165) is 20.0 Å². The largest absolute Gasteiger partial charge is 0.299 e. The minimum atomic E-state index is -4.03. The number of nitrogens with one attached hydrogen (secondary N) is 1. The second-order valence-electron chi connectivity index (χ2n) is 6.13. The van der Waals surface area contributed by atoms with E-state index >= 15 is 0 Å². The number of sulfonamides is 1. The van der Waals surface area contributed by atoms with Crippen molar-refractivity contribution in [3.63, 3.8) is 0 Å². The predicted molar refractivity (Wildman–Crippen MR) is 122 cm³/mol. The maximum absolute atomic E-state index is 13.3. The molecule has 0 saturated carbocycles. The van der Waals surface area contributed by atoms with Crippen LogP contribution in [0.1, 0.15) is 12.5 Å². The lowest BCUT2D eigenvalue weighted by Crippen LogP contribution is -2.38. The van der Waals surface area contributed by atoms with Crippen molar-refractivity contribution in [1.29, 1.82) is 0 Å². The van der Waals surface area contributed by atoms with Gasteiger partial charge in [0.1, 0.15) is 6.54 Å². The smallest absolute Gasteiger partial charge is 0.264 e. The average molecular weight is 483 g/mol. The van der Waals surface area contributed by atoms with Crippen molar-refractivity contribution in [3.8, 4) is 0 Å². The zero-order chi connectivity index (χ0) is 21.7. The minimum Gasteiger partial charge on any atom is -0.299 e. The number of amides is 1. The highest BCUT2D eigenvalue weighted by atomic mass is 35.5. The van der Waals surface area contributed by atoms with Crippen LogP contribution in [0.25, 0.3) is 0 Å². The van der Waals surface area contributed by atoms with E-state index in [9.17, 15) is 13.2 Å². The molecule has 2 aromatic carbocycles. The third-order valence-electron chi connectivity index (χ3n) is 3.94. The number of nitrogens with zero attached hydrogens (tertiary/aromatic N) is 3. The molecule has 1 amide bonds. The number of aromatic nitrogens is 2. The van der Waals surface area contributed by atoms with Crippen molar-refractivity contribution < 1.29 is 13.2 Å². The predicted octanol–water partition coefficient (Wildman–Crippen LogP) is 4.45. The van der Waals surface area contributed by atoms with Gasteiger partial charge in [0.2, 0.25) is 11.0 Å². The SMILES string of the molecule is CCSc1nnc(NC(=O)CN(c2ccccc2Cl)S(=O)(=O)c2ccc(C)cc2)s1. The van der Waals surface area contributed by atoms with Crippen molar-refractivity contribution in [1.82, 2.24) is 10.2 Å². The first-order valence-electron chi connectivity index (χ1n) is 8.91. The molecule has 0 aliphatic rings. The molecule has 3 rings (SSSR count). The Bertz CT molecular complexity index is 1130. The molecule has 0 saturated heterocycles. The Morgan fingerprint density at radius 1 is 1.17 bits per heavy atom. The fraction of sp³-hybridized carbons (Fsp3) is 0.211. The van der Waals surface area contributed by atoms with Crippen LogP contribution in [-0.2, 0) is 14.8 Å². The Morgan fingerprint density at radius 3 is 2.53 bits per heavy atom. The number of carbonyl (C=O) groups is 1. The van der Waals surface area contributed by atoms with Crippen LogP contribution in [0.2, 0.25) is 5.02 Å². The van der Waals surface area contributed by atoms with Crippen molar-refractivity contribution >= 4 is 61.4 Å². The van der Waals surface area contributed by atoms with Gasteiger partial charge in [-0.05, 0) is 36.9 Å². The number of thioether (sulfide) groups is 1. The standard InChI is InChI=1S/C19H19ClN4O3S3/c1-3-28-19-23-22-18(29-19)21-17(25)12-24(16-7-5-4-6-15(16)20)30(26,27)14-10-8-13(2)9-11-14/h4-11H,3,12H2,1-2H3,(H,21,22,25). The second-order valence-corrected chi connectivity index (χ2v) is 10.9. The van der Waals surface area contributed by atoms with Crippen LogP contribution in [-0.4, -0.2) is 36.8 Å². The maximum atomic E-state index is 13.3. The quantitative estimate of drug-likeness (QED) is 0.376. The van der Waals surface area contributed by atoms with Crippen molar-refractivity contribution in [2.45, 2.75) is 23.1 Å². The van der Waals surface area contributed by atoms with Crippen LogP contribution in [0.15, 0.2) is 57.8 Å². The molecule has 11 heteroatoms. The number of rotatable bonds is 8. The topological polar surface area (TPSA) is 92.3 Å². The summed E-state index contributed by atoms with van der Waals surface area (Å²) in [5.41, 5.74) is 1.14. The molecule has 0 aliphatic heterocycles. The van der Waals surface area contributed by atoms with Crippen LogP contribution in [0.5, 0.6) is 0 Å². The molecule has 158 valence electrons. The Morgan fingerprint density at radius 2 is 1.87 bits per heavy atom. The summed E-state index contributed by atoms with van der Waals surface area (Å²) in [6.45, 7) is 3.39. The lowest BCUT2D eigenvalue weighted by atomic mass is 10.2. The number of hydrogen-bond donors (Lipinski definition) is 1. The van der Waals surface area contributed by atoms with Crippen LogP contribution in [0, 0.1) is 6.92 Å². The number of hydrogen-bond acceptors (Lipinski definition) is 7. The Kier molecular flexibility index (Phi) is 7.35. The van der Waals surface area contributed by atoms with Gasteiger partial charge in [0, 0.05) is 0 Å². The molecule has 0 aliphatic carbocycles. The fourth-order valence-electron chi connectivity index (χ4n) is 2.52. The highest BCUT2D eigenvalue weighted by molar-refractivity contribution is 8.01. The molecule has 1 heterocycles. The Labute approximate surface area is 188 Å². The normalized spacial score (nSPS) is 11.3. The highest BCUT2D eigenvalue weighted by Crippen LogP contribution is 2.31. The molecule has 1 aromatic heterocycles. The van der Waals surface area contributed by atoms with Crippen LogP contribution in [0.4, 0.5) is 10.8 Å². The third kappa shape index (κ3) is 5.31. The first-order chi connectivity index (χ1) is 14.3. The zero-order valence-corrected chi connectivity index (χ0v) is 19.4. The van der Waals surface area contributed by atoms with E-state index in [2.05, 4.69) is 15.5 Å². The van der Waals surface area contributed by atoms with Crippen LogP contribution < -0.4 is 9.62 Å². The molecule has 0 atom stereocenters. The number of aryl methyl sites for hydroxylation is 1. The van der Waals surface area contributed by atoms with Gasteiger partial charge < -0.3 is 0 Å². The van der Waals surface area contributed by atoms with Gasteiger partial charge in [-0.25, -0.2) is 8.42 Å². The lowest BCUT2D eigenvalue weighted by molar-refractivity contribution is -0.114. The van der Waals surface area contributed by atoms with Crippen molar-refractivity contribution in [3.05, 3.63) is 59.1 Å². The molecular weight excluding hydrogens is 464 g/mol. The summed E-state index contributed by atoms with van der Waals surface area (Å²) >= 11 is 9.00. The number of carbonyl (C=O) groups excluding carboxylic acids is 1. The molecule has 0 radical (unpaired) electrons. The molecule has 1 N–H and O–H groups in total. The van der Waals surface area contributed by atoms with Gasteiger partial charge in [-0.15, -0.1) is 10.2 Å². The van der Waals surface area contributed by atoms with Gasteiger partial charge in [0.25, 0.3) is 10.0 Å². The summed E-state index contributed by atoms with van der Waals surface area (Å²) in [5.74, 6) is 0.285. The molecule has 0 spiro atoms. The molecule has 0 fully saturated rings. The molecular formula is C19H19ClN4O3S3. The summed E-state index contributed by atoms with van der Waals surface area (Å²) in [7, 11) is -4.03. The molecule has 30 heavy (non-hydrogen) atoms. The van der Waals surface area contributed by atoms with Crippen LogP contribution >= 0.6 is 34.7 Å². The van der Waals surface area contributed by atoms with E-state index in [0.29, 0.717) is 5.13 Å². The average Bonchev–Trinajstić information content (AvgIpc) is 3.14. The van der Waals surface area contributed by atoms with Crippen LogP contribution in [0.3, 0.4) is 0 Å². The monoisotopic (exact) mass is 482 g/mol. The number of anilines is 2. The van der Waals surface area contributed by atoms with Gasteiger partial charge in [-0.2, -0.15) is 0 Å². The fourth-order valence-corrected chi connectivity index (χ4v) is 5.92. The zero-order valence-electron chi connectivity index (χ0n) is 16.2. The van der Waals surface area contributed by atoms with Gasteiger partial charge >= 0.3 is 0 Å². The van der Waals surface area contributed by atoms with E-state index in [1.54, 1.807) is 36.4 Å². The minimum absolute atomic E-state index is 0.0679. The summed E-state index contributed by atoms with van der Waals surface area (Å²) < 4.78 is 28.4. The molecule has 0 bridgehead atoms. The third-order valence-corrected chi connectivity index (χ3v) is 7.89. The Hall–Kier alpha value is -2.14. The van der Waals surface area contributed by atoms with E-state index in [4.69, 9.17) is 11.6 Å². The van der Waals surface area contributed by atoms with Gasteiger partial charge in [-0.1, -0.05) is 71.5 Å². The summed E-state index contributed by atoms with van der Waals surface area (Å²) in [5, 5.41) is 11.0. The molecule has 3 aromatic rings. The van der Waals surface area contributed by atoms with E-state index in [-0.39, 0.29) is 15.6 Å². The van der Waals surface area contributed by atoms with E-state index < -0.39 is 22.5 Å². The second kappa shape index (κ2) is 9.78. The molecule has 7 nitrogen and oxygen atoms in total. The summed E-state index contributed by atoms with van der Waals surface area (Å²) in [6.07, 6.45) is 0. The van der Waals surface area contributed by atoms with Crippen molar-refractivity contribution in [2.24, 2.45) is 0 Å². The van der Waals surface area contributed by atoms with Gasteiger partial charge in [0.05, 0.1) is 15.6 Å². The van der Waals surface area contributed by atoms with Gasteiger partial charge in [0.15, 0.2) is 4.34 Å². The van der Waals surface area contributed by atoms with Crippen molar-refractivity contribution in [2.75, 3.05) is 21.9 Å². The highest BCUT2D eigenvalue weighted by Gasteiger charge is 2.29. The van der Waals surface area contributed by atoms with E-state index in [1.807, 2.05) is 13.8 Å². The number of halogens is 1. The number of para-hydroxylation sites is 1.